The molecule has 0 aliphatic carbocycles. The zero-order valence-corrected chi connectivity index (χ0v) is 40.3. The molecule has 10 aromatic rings. The largest absolute Gasteiger partial charge is 0.423 e. The molecule has 18 heteroatoms. The van der Waals surface area contributed by atoms with Crippen LogP contribution < -0.4 is 14.2 Å². The molecule has 0 radical (unpaired) electrons. The molecule has 0 atom stereocenters. The van der Waals surface area contributed by atoms with Crippen LogP contribution in [0.5, 0.6) is 17.2 Å². The van der Waals surface area contributed by atoms with Gasteiger partial charge in [0, 0.05) is 52.0 Å². The zero-order valence-electron chi connectivity index (χ0n) is 40.3. The van der Waals surface area contributed by atoms with Crippen molar-refractivity contribution in [3.63, 3.8) is 0 Å². The van der Waals surface area contributed by atoms with E-state index in [0.29, 0.717) is 17.1 Å². The van der Waals surface area contributed by atoms with Crippen LogP contribution in [0.4, 0.5) is 0 Å². The smallest absolute Gasteiger partial charge is 0.335 e. The van der Waals surface area contributed by atoms with Crippen LogP contribution in [-0.4, -0.2) is 46.6 Å². The fraction of sp³-hybridized carbons (Fsp3) is 0. The third kappa shape index (κ3) is 8.54. The summed E-state index contributed by atoms with van der Waals surface area (Å²) in [4.78, 5) is 53.3. The van der Waals surface area contributed by atoms with Gasteiger partial charge >= 0.3 is 17.9 Å². The minimum Gasteiger partial charge on any atom is -0.423 e. The van der Waals surface area contributed by atoms with Crippen molar-refractivity contribution in [2.75, 3.05) is 0 Å². The molecule has 0 bridgehead atoms. The van der Waals surface area contributed by atoms with Crippen LogP contribution in [0.25, 0.3) is 84.3 Å². The zero-order chi connectivity index (χ0) is 54.8. The van der Waals surface area contributed by atoms with E-state index in [0.717, 1.165) is 18.2 Å². The van der Waals surface area contributed by atoms with Crippen LogP contribution in [0.3, 0.4) is 0 Å². The van der Waals surface area contributed by atoms with E-state index in [1.165, 1.54) is 36.4 Å². The second-order valence-corrected chi connectivity index (χ2v) is 16.7. The van der Waals surface area contributed by atoms with Crippen molar-refractivity contribution >= 4 is 51.0 Å². The molecular formula is C60H30N12O6. The normalized spacial score (nSPS) is 10.5. The third-order valence-corrected chi connectivity index (χ3v) is 12.3. The average molecular weight is 1010 g/mol. The summed E-state index contributed by atoms with van der Waals surface area (Å²) in [7, 11) is 0. The van der Waals surface area contributed by atoms with E-state index in [1.54, 1.807) is 105 Å². The van der Waals surface area contributed by atoms with Crippen molar-refractivity contribution in [1.82, 2.24) is 28.7 Å². The molecule has 0 aliphatic heterocycles. The minimum atomic E-state index is -0.709. The van der Waals surface area contributed by atoms with E-state index in [1.807, 2.05) is 0 Å². The van der Waals surface area contributed by atoms with Gasteiger partial charge in [0.1, 0.15) is 67.8 Å². The number of carbonyl (C=O) groups excluding carboxylic acids is 3. The summed E-state index contributed by atoms with van der Waals surface area (Å²) in [6, 6.07) is 45.8. The van der Waals surface area contributed by atoms with E-state index >= 15 is 0 Å². The number of rotatable bonds is 12. The van der Waals surface area contributed by atoms with Crippen molar-refractivity contribution in [3.8, 4) is 105 Å². The molecule has 0 saturated carbocycles. The first-order valence-electron chi connectivity index (χ1n) is 23.1. The number of hydrogen-bond donors (Lipinski definition) is 0. The molecule has 366 valence electrons. The van der Waals surface area contributed by atoms with Gasteiger partial charge in [-0.1, -0.05) is 19.7 Å². The van der Waals surface area contributed by atoms with Gasteiger partial charge in [0.25, 0.3) is 0 Å². The summed E-state index contributed by atoms with van der Waals surface area (Å²) >= 11 is 0. The molecule has 10 rings (SSSR count). The number of ether oxygens (including phenoxy) is 3. The highest BCUT2D eigenvalue weighted by Crippen LogP contribution is 2.45. The summed E-state index contributed by atoms with van der Waals surface area (Å²) in [6.07, 6.45) is 3.05. The Morgan fingerprint density at radius 2 is 0.641 bits per heavy atom. The molecular weight excluding hydrogens is 985 g/mol. The first kappa shape index (κ1) is 49.1. The first-order chi connectivity index (χ1) is 38.0. The highest BCUT2D eigenvalue weighted by Gasteiger charge is 2.32. The Morgan fingerprint density at radius 1 is 0.385 bits per heavy atom. The lowest BCUT2D eigenvalue weighted by atomic mass is 10.0. The third-order valence-electron chi connectivity index (χ3n) is 12.3. The predicted molar refractivity (Wildman–Crippen MR) is 282 cm³/mol. The van der Waals surface area contributed by atoms with E-state index in [2.05, 4.69) is 56.2 Å². The summed E-state index contributed by atoms with van der Waals surface area (Å²) in [5.41, 5.74) is 4.31. The Kier molecular flexibility index (Phi) is 12.7. The highest BCUT2D eigenvalue weighted by molar-refractivity contribution is 6.22. The van der Waals surface area contributed by atoms with Crippen molar-refractivity contribution in [1.29, 1.82) is 31.6 Å². The monoisotopic (exact) mass is 1010 g/mol. The van der Waals surface area contributed by atoms with Gasteiger partial charge in [-0.3, -0.25) is 13.7 Å². The van der Waals surface area contributed by atoms with Crippen molar-refractivity contribution in [2.45, 2.75) is 0 Å². The Hall–Kier alpha value is -12.5. The van der Waals surface area contributed by atoms with Gasteiger partial charge < -0.3 is 14.2 Å². The van der Waals surface area contributed by atoms with Crippen molar-refractivity contribution in [2.24, 2.45) is 0 Å². The Labute approximate surface area is 441 Å². The molecule has 0 spiro atoms. The molecule has 18 nitrogen and oxygen atoms in total. The topological polar surface area (TPSA) is 275 Å². The predicted octanol–water partition coefficient (Wildman–Crippen LogP) is 10.2. The van der Waals surface area contributed by atoms with Crippen LogP contribution in [0.2, 0.25) is 0 Å². The molecule has 3 aromatic heterocycles. The number of esters is 3. The quantitative estimate of drug-likeness (QED) is 0.0625. The second-order valence-electron chi connectivity index (χ2n) is 16.7. The van der Waals surface area contributed by atoms with E-state index in [9.17, 15) is 46.0 Å². The summed E-state index contributed by atoms with van der Waals surface area (Å²) in [5.74, 6) is -1.15. The van der Waals surface area contributed by atoms with E-state index in [-0.39, 0.29) is 118 Å². The SMILES string of the molecule is C=CC(=O)Oc1ccc(-n2c(-c3ccc(C#N)cc3C#N)nc3c2c2nc(-c4ccc(C#N)cc4C#N)n(-c4ccc(OC(=O)C=C)cc4)c2c2nc(-c4ccc(C#N)cc4C#N)n(-c4ccc(OC(=O)C=C)cc4)c32)cc1. The summed E-state index contributed by atoms with van der Waals surface area (Å²) in [5, 5.41) is 62.1. The molecule has 0 fully saturated rings. The standard InChI is InChI=1S/C60H30N12O6/c1-4-49(73)76-43-16-10-40(11-17-43)70-55-52(67-58(70)46-22-7-34(28-61)25-37(46)31-64)56-54(69-60(48-24-9-36(30-63)27-39(48)33-66)71(56)41-12-18-44(19-13-41)77-50(74)5-2)57-53(55)68-59(47-23-8-35(29-62)26-38(47)32-65)72(57)42-14-20-45(21-15-42)78-51(75)6-3/h4-27H,1-3H2. The summed E-state index contributed by atoms with van der Waals surface area (Å²) in [6.45, 7) is 10.5. The van der Waals surface area contributed by atoms with Gasteiger partial charge in [-0.15, -0.1) is 0 Å². The van der Waals surface area contributed by atoms with Gasteiger partial charge in [0.05, 0.1) is 69.8 Å². The molecule has 0 saturated heterocycles. The van der Waals surface area contributed by atoms with Crippen LogP contribution in [0.15, 0.2) is 165 Å². The number of imidazole rings is 3. The molecule has 7 aromatic carbocycles. The molecule has 0 aliphatic rings. The number of nitrogens with zero attached hydrogens (tertiary/aromatic N) is 12. The second kappa shape index (κ2) is 20.2. The number of carbonyl (C=O) groups is 3. The molecule has 0 unspecified atom stereocenters. The van der Waals surface area contributed by atoms with Crippen LogP contribution >= 0.6 is 0 Å². The molecule has 3 heterocycles. The van der Waals surface area contributed by atoms with Gasteiger partial charge in [-0.25, -0.2) is 29.3 Å². The maximum absolute atomic E-state index is 12.4. The van der Waals surface area contributed by atoms with Crippen molar-refractivity contribution < 1.29 is 28.6 Å². The maximum atomic E-state index is 12.4. The minimum absolute atomic E-state index is 0.0736. The van der Waals surface area contributed by atoms with Crippen molar-refractivity contribution in [3.05, 3.63) is 199 Å². The average Bonchev–Trinajstić information content (AvgIpc) is 3.60. The fourth-order valence-corrected chi connectivity index (χ4v) is 8.87. The van der Waals surface area contributed by atoms with Gasteiger partial charge in [-0.2, -0.15) is 31.6 Å². The number of nitriles is 6. The van der Waals surface area contributed by atoms with Crippen LogP contribution in [-0.2, 0) is 14.4 Å². The fourth-order valence-electron chi connectivity index (χ4n) is 8.87. The molecule has 0 amide bonds. The van der Waals surface area contributed by atoms with E-state index < -0.39 is 17.9 Å². The van der Waals surface area contributed by atoms with Crippen LogP contribution in [0.1, 0.15) is 33.4 Å². The Morgan fingerprint density at radius 3 is 0.859 bits per heavy atom. The number of hydrogen-bond acceptors (Lipinski definition) is 15. The lowest BCUT2D eigenvalue weighted by Gasteiger charge is -2.14. The highest BCUT2D eigenvalue weighted by atomic mass is 16.5. The maximum Gasteiger partial charge on any atom is 0.335 e. The van der Waals surface area contributed by atoms with E-state index in [4.69, 9.17) is 29.2 Å². The number of fused-ring (bicyclic) bond motifs is 6. The number of aromatic nitrogens is 6. The summed E-state index contributed by atoms with van der Waals surface area (Å²) < 4.78 is 21.6. The lowest BCUT2D eigenvalue weighted by molar-refractivity contribution is -0.129. The molecule has 78 heavy (non-hydrogen) atoms. The Bertz CT molecular complexity index is 4050. The van der Waals surface area contributed by atoms with Gasteiger partial charge in [0.2, 0.25) is 0 Å². The van der Waals surface area contributed by atoms with Gasteiger partial charge in [0.15, 0.2) is 0 Å². The Balaban J connectivity index is 1.48. The van der Waals surface area contributed by atoms with Gasteiger partial charge in [-0.05, 0) is 127 Å². The van der Waals surface area contributed by atoms with Crippen LogP contribution in [0, 0.1) is 68.0 Å². The lowest BCUT2D eigenvalue weighted by Crippen LogP contribution is -2.04. The number of benzene rings is 7. The molecule has 0 N–H and O–H groups in total. The first-order valence-corrected chi connectivity index (χ1v) is 23.1.